The number of methoxy groups -OCH3 is 1. The molecule has 0 aromatic rings. The maximum Gasteiger partial charge on any atom is 0.161 e. The number of unbranched alkanes of at least 4 members (excludes halogenated alkanes) is 3. The van der Waals surface area contributed by atoms with Crippen molar-refractivity contribution in [3.63, 3.8) is 0 Å². The van der Waals surface area contributed by atoms with Crippen LogP contribution in [0.1, 0.15) is 65.7 Å². The Hall–Kier alpha value is -0.370. The van der Waals surface area contributed by atoms with Gasteiger partial charge in [-0.05, 0) is 18.8 Å². The number of Topliss-reactive ketones (excluding diaryl/α,β-unsaturated/α-hetero) is 1. The molecule has 2 unspecified atom stereocenters. The Morgan fingerprint density at radius 2 is 1.75 bits per heavy atom. The van der Waals surface area contributed by atoms with Gasteiger partial charge in [0, 0.05) is 13.5 Å². The van der Waals surface area contributed by atoms with Gasteiger partial charge in [-0.25, -0.2) is 0 Å². The second kappa shape index (κ2) is 9.83. The zero-order chi connectivity index (χ0) is 12.4. The zero-order valence-corrected chi connectivity index (χ0v) is 11.4. The van der Waals surface area contributed by atoms with Gasteiger partial charge < -0.3 is 4.74 Å². The van der Waals surface area contributed by atoms with Crippen molar-refractivity contribution in [2.45, 2.75) is 71.8 Å². The smallest absolute Gasteiger partial charge is 0.161 e. The molecule has 16 heavy (non-hydrogen) atoms. The van der Waals surface area contributed by atoms with Crippen LogP contribution in [0.5, 0.6) is 0 Å². The molecule has 96 valence electrons. The van der Waals surface area contributed by atoms with Gasteiger partial charge in [0.1, 0.15) is 6.10 Å². The summed E-state index contributed by atoms with van der Waals surface area (Å²) in [5.41, 5.74) is 0. The zero-order valence-electron chi connectivity index (χ0n) is 11.4. The number of hydrogen-bond acceptors (Lipinski definition) is 2. The SMILES string of the molecule is CCCCCC(C)C(OC)C(=O)CCCC. The van der Waals surface area contributed by atoms with Crippen molar-refractivity contribution in [3.05, 3.63) is 0 Å². The van der Waals surface area contributed by atoms with Crippen LogP contribution in [0.25, 0.3) is 0 Å². The van der Waals surface area contributed by atoms with Gasteiger partial charge in [0.05, 0.1) is 0 Å². The minimum atomic E-state index is -0.177. The summed E-state index contributed by atoms with van der Waals surface area (Å²) in [6, 6.07) is 0. The summed E-state index contributed by atoms with van der Waals surface area (Å²) >= 11 is 0. The summed E-state index contributed by atoms with van der Waals surface area (Å²) < 4.78 is 5.35. The van der Waals surface area contributed by atoms with Gasteiger partial charge in [0.15, 0.2) is 5.78 Å². The van der Waals surface area contributed by atoms with Crippen LogP contribution in [0, 0.1) is 5.92 Å². The van der Waals surface area contributed by atoms with Gasteiger partial charge in [-0.1, -0.05) is 46.5 Å². The van der Waals surface area contributed by atoms with Gasteiger partial charge in [-0.2, -0.15) is 0 Å². The molecule has 0 aromatic heterocycles. The van der Waals surface area contributed by atoms with E-state index in [0.717, 1.165) is 19.3 Å². The van der Waals surface area contributed by atoms with Crippen molar-refractivity contribution in [1.29, 1.82) is 0 Å². The van der Waals surface area contributed by atoms with E-state index in [1.165, 1.54) is 19.3 Å². The van der Waals surface area contributed by atoms with E-state index in [4.69, 9.17) is 4.74 Å². The second-order valence-electron chi connectivity index (χ2n) is 4.70. The summed E-state index contributed by atoms with van der Waals surface area (Å²) in [5, 5.41) is 0. The van der Waals surface area contributed by atoms with Crippen LogP contribution in [-0.4, -0.2) is 19.0 Å². The minimum absolute atomic E-state index is 0.177. The van der Waals surface area contributed by atoms with Gasteiger partial charge in [-0.3, -0.25) is 4.79 Å². The lowest BCUT2D eigenvalue weighted by atomic mass is 9.92. The van der Waals surface area contributed by atoms with Crippen molar-refractivity contribution >= 4 is 5.78 Å². The number of rotatable bonds is 10. The molecular weight excluding hydrogens is 200 g/mol. The molecule has 0 rings (SSSR count). The summed E-state index contributed by atoms with van der Waals surface area (Å²) in [6.07, 6.45) is 7.35. The van der Waals surface area contributed by atoms with E-state index in [0.29, 0.717) is 12.3 Å². The molecule has 0 aliphatic carbocycles. The fourth-order valence-electron chi connectivity index (χ4n) is 2.04. The maximum atomic E-state index is 11.9. The molecule has 0 N–H and O–H groups in total. The van der Waals surface area contributed by atoms with Crippen molar-refractivity contribution in [2.75, 3.05) is 7.11 Å². The van der Waals surface area contributed by atoms with Crippen molar-refractivity contribution in [2.24, 2.45) is 5.92 Å². The van der Waals surface area contributed by atoms with Gasteiger partial charge in [-0.15, -0.1) is 0 Å². The van der Waals surface area contributed by atoms with E-state index in [1.54, 1.807) is 7.11 Å². The van der Waals surface area contributed by atoms with Crippen LogP contribution in [0.15, 0.2) is 0 Å². The molecule has 0 aromatic carbocycles. The monoisotopic (exact) mass is 228 g/mol. The molecule has 0 fully saturated rings. The highest BCUT2D eigenvalue weighted by Crippen LogP contribution is 2.18. The third-order valence-electron chi connectivity index (χ3n) is 3.13. The van der Waals surface area contributed by atoms with Crippen molar-refractivity contribution in [1.82, 2.24) is 0 Å². The normalized spacial score (nSPS) is 14.8. The quantitative estimate of drug-likeness (QED) is 0.529. The van der Waals surface area contributed by atoms with Crippen LogP contribution < -0.4 is 0 Å². The average molecular weight is 228 g/mol. The fourth-order valence-corrected chi connectivity index (χ4v) is 2.04. The molecule has 0 saturated heterocycles. The lowest BCUT2D eigenvalue weighted by Gasteiger charge is -2.21. The molecule has 0 bridgehead atoms. The number of hydrogen-bond donors (Lipinski definition) is 0. The Morgan fingerprint density at radius 1 is 1.12 bits per heavy atom. The largest absolute Gasteiger partial charge is 0.373 e. The first-order valence-electron chi connectivity index (χ1n) is 6.72. The summed E-state index contributed by atoms with van der Waals surface area (Å²) in [7, 11) is 1.66. The minimum Gasteiger partial charge on any atom is -0.373 e. The van der Waals surface area contributed by atoms with Crippen LogP contribution in [0.2, 0.25) is 0 Å². The molecular formula is C14H28O2. The Balaban J connectivity index is 3.98. The van der Waals surface area contributed by atoms with Gasteiger partial charge >= 0.3 is 0 Å². The van der Waals surface area contributed by atoms with Crippen LogP contribution >= 0.6 is 0 Å². The molecule has 2 atom stereocenters. The van der Waals surface area contributed by atoms with Gasteiger partial charge in [0.2, 0.25) is 0 Å². The Morgan fingerprint density at radius 3 is 2.25 bits per heavy atom. The van der Waals surface area contributed by atoms with Crippen molar-refractivity contribution < 1.29 is 9.53 Å². The van der Waals surface area contributed by atoms with Crippen LogP contribution in [0.3, 0.4) is 0 Å². The predicted molar refractivity (Wildman–Crippen MR) is 68.6 cm³/mol. The number of carbonyl (C=O) groups is 1. The summed E-state index contributed by atoms with van der Waals surface area (Å²) in [5.74, 6) is 0.647. The number of ether oxygens (including phenoxy) is 1. The highest BCUT2D eigenvalue weighted by Gasteiger charge is 2.23. The molecule has 0 radical (unpaired) electrons. The first-order chi connectivity index (χ1) is 7.67. The van der Waals surface area contributed by atoms with Crippen molar-refractivity contribution in [3.8, 4) is 0 Å². The van der Waals surface area contributed by atoms with E-state index >= 15 is 0 Å². The fraction of sp³-hybridized carbons (Fsp3) is 0.929. The number of ketones is 1. The molecule has 2 nitrogen and oxygen atoms in total. The molecule has 0 heterocycles. The molecule has 0 aliphatic heterocycles. The Labute approximate surface area is 101 Å². The van der Waals surface area contributed by atoms with E-state index in [9.17, 15) is 4.79 Å². The predicted octanol–water partition coefficient (Wildman–Crippen LogP) is 3.98. The summed E-state index contributed by atoms with van der Waals surface area (Å²) in [4.78, 5) is 11.9. The summed E-state index contributed by atoms with van der Waals surface area (Å²) in [6.45, 7) is 6.44. The molecule has 2 heteroatoms. The lowest BCUT2D eigenvalue weighted by molar-refractivity contribution is -0.131. The lowest BCUT2D eigenvalue weighted by Crippen LogP contribution is -2.30. The van der Waals surface area contributed by atoms with E-state index in [1.807, 2.05) is 0 Å². The Bertz CT molecular complexity index is 178. The first kappa shape index (κ1) is 15.6. The molecule has 0 aliphatic rings. The third-order valence-corrected chi connectivity index (χ3v) is 3.13. The first-order valence-corrected chi connectivity index (χ1v) is 6.72. The number of carbonyl (C=O) groups excluding carboxylic acids is 1. The van der Waals surface area contributed by atoms with E-state index in [2.05, 4.69) is 20.8 Å². The van der Waals surface area contributed by atoms with E-state index < -0.39 is 0 Å². The molecule has 0 spiro atoms. The second-order valence-corrected chi connectivity index (χ2v) is 4.70. The molecule has 0 amide bonds. The molecule has 0 saturated carbocycles. The topological polar surface area (TPSA) is 26.3 Å². The van der Waals surface area contributed by atoms with E-state index in [-0.39, 0.29) is 11.9 Å². The standard InChI is InChI=1S/C14H28O2/c1-5-7-9-10-12(3)14(16-4)13(15)11-8-6-2/h12,14H,5-11H2,1-4H3. The van der Waals surface area contributed by atoms with Crippen LogP contribution in [0.4, 0.5) is 0 Å². The maximum absolute atomic E-state index is 11.9. The van der Waals surface area contributed by atoms with Gasteiger partial charge in [0.25, 0.3) is 0 Å². The third kappa shape index (κ3) is 6.26. The highest BCUT2D eigenvalue weighted by molar-refractivity contribution is 5.83. The highest BCUT2D eigenvalue weighted by atomic mass is 16.5. The average Bonchev–Trinajstić information content (AvgIpc) is 2.27. The van der Waals surface area contributed by atoms with Crippen LogP contribution in [-0.2, 0) is 9.53 Å². The Kier molecular flexibility index (Phi) is 9.60.